The Kier molecular flexibility index (Phi) is 5.17. The second-order valence-electron chi connectivity index (χ2n) is 6.31. The molecule has 1 unspecified atom stereocenters. The third-order valence-corrected chi connectivity index (χ3v) is 3.29. The average molecular weight is 292 g/mol. The fourth-order valence-electron chi connectivity index (χ4n) is 2.35. The molecule has 0 radical (unpaired) electrons. The van der Waals surface area contributed by atoms with E-state index in [2.05, 4.69) is 4.98 Å². The molecule has 0 spiro atoms. The monoisotopic (exact) mass is 292 g/mol. The predicted molar refractivity (Wildman–Crippen MR) is 79.9 cm³/mol. The molecule has 0 aromatic carbocycles. The molecule has 116 valence electrons. The highest BCUT2D eigenvalue weighted by Gasteiger charge is 2.32. The summed E-state index contributed by atoms with van der Waals surface area (Å²) in [6, 6.07) is 5.85. The van der Waals surface area contributed by atoms with Gasteiger partial charge in [-0.15, -0.1) is 0 Å². The number of nitrogens with zero attached hydrogens (tertiary/aromatic N) is 2. The van der Waals surface area contributed by atoms with E-state index in [0.29, 0.717) is 13.2 Å². The highest BCUT2D eigenvalue weighted by molar-refractivity contribution is 5.68. The second-order valence-corrected chi connectivity index (χ2v) is 6.31. The lowest BCUT2D eigenvalue weighted by atomic mass is 10.2. The predicted octanol–water partition coefficient (Wildman–Crippen LogP) is 3.00. The van der Waals surface area contributed by atoms with Crippen molar-refractivity contribution >= 4 is 6.09 Å². The van der Waals surface area contributed by atoms with Gasteiger partial charge in [0.05, 0.1) is 24.9 Å². The van der Waals surface area contributed by atoms with E-state index in [-0.39, 0.29) is 12.1 Å². The van der Waals surface area contributed by atoms with Gasteiger partial charge in [-0.3, -0.25) is 4.98 Å². The maximum atomic E-state index is 12.1. The number of carbonyl (C=O) groups excluding carboxylic acids is 1. The third kappa shape index (κ3) is 5.01. The number of rotatable bonds is 4. The standard InChI is InChI=1S/C16H24N2O3/c1-16(2,3)21-15(19)18-10-6-8-14(18)12-20-11-13-7-4-5-9-17-13/h4-5,7,9,14H,6,8,10-12H2,1-3H3. The van der Waals surface area contributed by atoms with Crippen LogP contribution in [0.15, 0.2) is 24.4 Å². The van der Waals surface area contributed by atoms with Crippen molar-refractivity contribution in [3.05, 3.63) is 30.1 Å². The highest BCUT2D eigenvalue weighted by Crippen LogP contribution is 2.21. The van der Waals surface area contributed by atoms with Gasteiger partial charge in [0.15, 0.2) is 0 Å². The van der Waals surface area contributed by atoms with Gasteiger partial charge in [0.25, 0.3) is 0 Å². The van der Waals surface area contributed by atoms with E-state index in [9.17, 15) is 4.79 Å². The summed E-state index contributed by atoms with van der Waals surface area (Å²) in [7, 11) is 0. The zero-order valence-electron chi connectivity index (χ0n) is 13.0. The fourth-order valence-corrected chi connectivity index (χ4v) is 2.35. The van der Waals surface area contributed by atoms with Crippen LogP contribution < -0.4 is 0 Å². The Labute approximate surface area is 126 Å². The van der Waals surface area contributed by atoms with Gasteiger partial charge >= 0.3 is 6.09 Å². The van der Waals surface area contributed by atoms with Gasteiger partial charge in [0.1, 0.15) is 5.60 Å². The van der Waals surface area contributed by atoms with Gasteiger partial charge in [0.2, 0.25) is 0 Å². The van der Waals surface area contributed by atoms with E-state index in [0.717, 1.165) is 25.1 Å². The summed E-state index contributed by atoms with van der Waals surface area (Å²) in [5.74, 6) is 0. The molecular formula is C16H24N2O3. The zero-order valence-corrected chi connectivity index (χ0v) is 13.0. The minimum atomic E-state index is -0.459. The van der Waals surface area contributed by atoms with Crippen molar-refractivity contribution in [1.82, 2.24) is 9.88 Å². The van der Waals surface area contributed by atoms with Gasteiger partial charge in [-0.05, 0) is 45.7 Å². The molecule has 0 saturated carbocycles. The summed E-state index contributed by atoms with van der Waals surface area (Å²) in [6.07, 6.45) is 3.46. The van der Waals surface area contributed by atoms with Gasteiger partial charge < -0.3 is 14.4 Å². The van der Waals surface area contributed by atoms with Gasteiger partial charge in [-0.2, -0.15) is 0 Å². The van der Waals surface area contributed by atoms with Crippen molar-refractivity contribution in [2.45, 2.75) is 51.9 Å². The van der Waals surface area contributed by atoms with Crippen LogP contribution in [0.3, 0.4) is 0 Å². The van der Waals surface area contributed by atoms with E-state index in [1.807, 2.05) is 39.0 Å². The van der Waals surface area contributed by atoms with E-state index < -0.39 is 5.60 Å². The first-order valence-corrected chi connectivity index (χ1v) is 7.43. The van der Waals surface area contributed by atoms with Crippen molar-refractivity contribution in [2.75, 3.05) is 13.2 Å². The summed E-state index contributed by atoms with van der Waals surface area (Å²) in [5.41, 5.74) is 0.443. The molecule has 1 saturated heterocycles. The van der Waals surface area contributed by atoms with E-state index in [1.54, 1.807) is 11.1 Å². The average Bonchev–Trinajstić information content (AvgIpc) is 2.86. The van der Waals surface area contributed by atoms with E-state index in [4.69, 9.17) is 9.47 Å². The summed E-state index contributed by atoms with van der Waals surface area (Å²) in [5, 5.41) is 0. The first-order valence-electron chi connectivity index (χ1n) is 7.43. The summed E-state index contributed by atoms with van der Waals surface area (Å²) >= 11 is 0. The maximum Gasteiger partial charge on any atom is 0.410 e. The third-order valence-electron chi connectivity index (χ3n) is 3.29. The molecule has 1 aromatic heterocycles. The lowest BCUT2D eigenvalue weighted by Crippen LogP contribution is -2.41. The Bertz CT molecular complexity index is 456. The molecule has 1 aliphatic rings. The summed E-state index contributed by atoms with van der Waals surface area (Å²) in [4.78, 5) is 18.1. The lowest BCUT2D eigenvalue weighted by molar-refractivity contribution is 0.00857. The Morgan fingerprint density at radius 2 is 2.24 bits per heavy atom. The van der Waals surface area contributed by atoms with Crippen LogP contribution in [-0.2, 0) is 16.1 Å². The van der Waals surface area contributed by atoms with Gasteiger partial charge in [-0.25, -0.2) is 4.79 Å². The molecule has 21 heavy (non-hydrogen) atoms. The highest BCUT2D eigenvalue weighted by atomic mass is 16.6. The zero-order chi connectivity index (χ0) is 15.3. The minimum Gasteiger partial charge on any atom is -0.444 e. The molecule has 1 aliphatic heterocycles. The molecule has 2 rings (SSSR count). The second kappa shape index (κ2) is 6.89. The molecule has 1 aromatic rings. The molecule has 2 heterocycles. The van der Waals surface area contributed by atoms with Crippen molar-refractivity contribution in [3.8, 4) is 0 Å². The Morgan fingerprint density at radius 1 is 1.43 bits per heavy atom. The van der Waals surface area contributed by atoms with Crippen molar-refractivity contribution in [1.29, 1.82) is 0 Å². The van der Waals surface area contributed by atoms with E-state index in [1.165, 1.54) is 0 Å². The first kappa shape index (κ1) is 15.8. The van der Waals surface area contributed by atoms with Gasteiger partial charge in [0, 0.05) is 12.7 Å². The van der Waals surface area contributed by atoms with Crippen molar-refractivity contribution < 1.29 is 14.3 Å². The number of hydrogen-bond donors (Lipinski definition) is 0. The lowest BCUT2D eigenvalue weighted by Gasteiger charge is -2.28. The van der Waals surface area contributed by atoms with Gasteiger partial charge in [-0.1, -0.05) is 6.07 Å². The Morgan fingerprint density at radius 3 is 2.90 bits per heavy atom. The number of likely N-dealkylation sites (tertiary alicyclic amines) is 1. The molecule has 1 atom stereocenters. The van der Waals surface area contributed by atoms with Crippen LogP contribution in [0.5, 0.6) is 0 Å². The molecule has 0 N–H and O–H groups in total. The number of ether oxygens (including phenoxy) is 2. The number of pyridine rings is 1. The molecule has 5 nitrogen and oxygen atoms in total. The summed E-state index contributed by atoms with van der Waals surface area (Å²) in [6.45, 7) is 7.39. The molecule has 1 fully saturated rings. The smallest absolute Gasteiger partial charge is 0.410 e. The molecular weight excluding hydrogens is 268 g/mol. The topological polar surface area (TPSA) is 51.7 Å². The quantitative estimate of drug-likeness (QED) is 0.856. The van der Waals surface area contributed by atoms with Crippen LogP contribution in [-0.4, -0.2) is 40.8 Å². The van der Waals surface area contributed by atoms with Crippen LogP contribution in [0.25, 0.3) is 0 Å². The fraction of sp³-hybridized carbons (Fsp3) is 0.625. The summed E-state index contributed by atoms with van der Waals surface area (Å²) < 4.78 is 11.1. The maximum absolute atomic E-state index is 12.1. The van der Waals surface area contributed by atoms with Crippen molar-refractivity contribution in [2.24, 2.45) is 0 Å². The molecule has 0 aliphatic carbocycles. The number of amides is 1. The number of hydrogen-bond acceptors (Lipinski definition) is 4. The SMILES string of the molecule is CC(C)(C)OC(=O)N1CCCC1COCc1ccccn1. The normalized spacial score (nSPS) is 18.8. The Balaban J connectivity index is 1.80. The minimum absolute atomic E-state index is 0.101. The van der Waals surface area contributed by atoms with E-state index >= 15 is 0 Å². The van der Waals surface area contributed by atoms with Crippen LogP contribution in [0.4, 0.5) is 4.79 Å². The number of carbonyl (C=O) groups is 1. The molecule has 5 heteroatoms. The van der Waals surface area contributed by atoms with Crippen LogP contribution in [0.1, 0.15) is 39.3 Å². The largest absolute Gasteiger partial charge is 0.444 e. The van der Waals surface area contributed by atoms with Crippen LogP contribution in [0, 0.1) is 0 Å². The van der Waals surface area contributed by atoms with Crippen LogP contribution in [0.2, 0.25) is 0 Å². The first-order chi connectivity index (χ1) is 9.96. The number of aromatic nitrogens is 1. The molecule has 0 bridgehead atoms. The Hall–Kier alpha value is -1.62. The van der Waals surface area contributed by atoms with Crippen LogP contribution >= 0.6 is 0 Å². The van der Waals surface area contributed by atoms with Crippen molar-refractivity contribution in [3.63, 3.8) is 0 Å². The molecule has 1 amide bonds.